The lowest BCUT2D eigenvalue weighted by Gasteiger charge is -2.10. The molecule has 0 radical (unpaired) electrons. The number of amides is 1. The summed E-state index contributed by atoms with van der Waals surface area (Å²) >= 11 is 0. The smallest absolute Gasteiger partial charge is 0.255 e. The van der Waals surface area contributed by atoms with Gasteiger partial charge in [-0.2, -0.15) is 0 Å². The number of nitrogens with one attached hydrogen (secondary N) is 2. The Morgan fingerprint density at radius 2 is 1.96 bits per heavy atom. The molecule has 0 aliphatic heterocycles. The van der Waals surface area contributed by atoms with Crippen LogP contribution in [0.5, 0.6) is 5.75 Å². The molecule has 2 aromatic rings. The molecule has 25 heavy (non-hydrogen) atoms. The van der Waals surface area contributed by atoms with Crippen molar-refractivity contribution in [3.05, 3.63) is 59.7 Å². The molecule has 0 fully saturated rings. The van der Waals surface area contributed by atoms with Gasteiger partial charge in [0.05, 0.1) is 13.2 Å². The number of methoxy groups -OCH3 is 1. The lowest BCUT2D eigenvalue weighted by molar-refractivity contribution is 0.102. The molecule has 3 N–H and O–H groups in total. The van der Waals surface area contributed by atoms with E-state index in [0.29, 0.717) is 12.1 Å². The molecule has 0 aromatic heterocycles. The van der Waals surface area contributed by atoms with Gasteiger partial charge in [-0.15, -0.1) is 0 Å². The van der Waals surface area contributed by atoms with Crippen LogP contribution in [0.25, 0.3) is 0 Å². The second kappa shape index (κ2) is 9.81. The van der Waals surface area contributed by atoms with Gasteiger partial charge < -0.3 is 20.5 Å². The number of carbonyl (C=O) groups excluding carboxylic acids is 1. The fourth-order valence-electron chi connectivity index (χ4n) is 2.41. The summed E-state index contributed by atoms with van der Waals surface area (Å²) in [5, 5.41) is 15.8. The van der Waals surface area contributed by atoms with Gasteiger partial charge >= 0.3 is 0 Å². The number of ether oxygens (including phenoxy) is 1. The molecule has 1 amide bonds. The van der Waals surface area contributed by atoms with Gasteiger partial charge in [0.15, 0.2) is 0 Å². The minimum absolute atomic E-state index is 0.154. The van der Waals surface area contributed by atoms with Crippen LogP contribution in [0, 0.1) is 0 Å². The van der Waals surface area contributed by atoms with E-state index in [1.807, 2.05) is 31.2 Å². The Balaban J connectivity index is 1.88. The van der Waals surface area contributed by atoms with Gasteiger partial charge in [0.25, 0.3) is 5.91 Å². The van der Waals surface area contributed by atoms with Crippen LogP contribution in [0.2, 0.25) is 0 Å². The Kier molecular flexibility index (Phi) is 7.44. The van der Waals surface area contributed by atoms with E-state index in [2.05, 4.69) is 10.6 Å². The largest absolute Gasteiger partial charge is 0.497 e. The number of aliphatic hydroxyl groups excluding tert-OH is 1. The van der Waals surface area contributed by atoms with Crippen LogP contribution in [-0.2, 0) is 6.54 Å². The summed E-state index contributed by atoms with van der Waals surface area (Å²) in [6, 6.07) is 14.7. The molecule has 0 heterocycles. The van der Waals surface area contributed by atoms with Crippen molar-refractivity contribution in [3.8, 4) is 5.75 Å². The van der Waals surface area contributed by atoms with Crippen molar-refractivity contribution in [2.45, 2.75) is 32.4 Å². The van der Waals surface area contributed by atoms with E-state index in [4.69, 9.17) is 4.74 Å². The summed E-state index contributed by atoms with van der Waals surface area (Å²) in [7, 11) is 1.59. The van der Waals surface area contributed by atoms with Crippen molar-refractivity contribution in [1.29, 1.82) is 0 Å². The standard InChI is InChI=1S/C20H26N2O3/c1-3-18(23)11-12-21-14-15-5-4-6-17(13-15)22-20(24)16-7-9-19(25-2)10-8-16/h4-10,13,18,21,23H,3,11-12,14H2,1-2H3,(H,22,24). The number of rotatable bonds is 9. The van der Waals surface area contributed by atoms with Gasteiger partial charge in [-0.05, 0) is 61.3 Å². The van der Waals surface area contributed by atoms with Crippen molar-refractivity contribution in [3.63, 3.8) is 0 Å². The number of aliphatic hydroxyl groups is 1. The number of benzene rings is 2. The van der Waals surface area contributed by atoms with E-state index in [-0.39, 0.29) is 12.0 Å². The predicted molar refractivity (Wildman–Crippen MR) is 100 cm³/mol. The Hall–Kier alpha value is -2.37. The minimum Gasteiger partial charge on any atom is -0.497 e. The highest BCUT2D eigenvalue weighted by Crippen LogP contribution is 2.15. The Labute approximate surface area is 149 Å². The normalized spacial score (nSPS) is 11.8. The molecule has 0 saturated heterocycles. The zero-order valence-electron chi connectivity index (χ0n) is 14.8. The van der Waals surface area contributed by atoms with Crippen molar-refractivity contribution < 1.29 is 14.6 Å². The highest BCUT2D eigenvalue weighted by molar-refractivity contribution is 6.04. The van der Waals surface area contributed by atoms with Crippen molar-refractivity contribution in [1.82, 2.24) is 5.32 Å². The van der Waals surface area contributed by atoms with Crippen molar-refractivity contribution in [2.24, 2.45) is 0 Å². The quantitative estimate of drug-likeness (QED) is 0.612. The summed E-state index contributed by atoms with van der Waals surface area (Å²) in [4.78, 5) is 12.3. The van der Waals surface area contributed by atoms with Gasteiger partial charge in [0.2, 0.25) is 0 Å². The molecule has 0 saturated carbocycles. The highest BCUT2D eigenvalue weighted by atomic mass is 16.5. The van der Waals surface area contributed by atoms with Crippen LogP contribution in [0.3, 0.4) is 0 Å². The maximum atomic E-state index is 12.3. The fourth-order valence-corrected chi connectivity index (χ4v) is 2.41. The van der Waals surface area contributed by atoms with Crippen molar-refractivity contribution >= 4 is 11.6 Å². The van der Waals surface area contributed by atoms with Crippen LogP contribution >= 0.6 is 0 Å². The van der Waals surface area contributed by atoms with Crippen LogP contribution in [0.1, 0.15) is 35.7 Å². The molecule has 1 atom stereocenters. The second-order valence-electron chi connectivity index (χ2n) is 5.91. The highest BCUT2D eigenvalue weighted by Gasteiger charge is 2.07. The molecule has 0 aliphatic carbocycles. The zero-order valence-corrected chi connectivity index (χ0v) is 14.8. The van der Waals surface area contributed by atoms with Gasteiger partial charge in [-0.3, -0.25) is 4.79 Å². The third-order valence-corrected chi connectivity index (χ3v) is 3.99. The van der Waals surface area contributed by atoms with Crippen molar-refractivity contribution in [2.75, 3.05) is 19.0 Å². The van der Waals surface area contributed by atoms with E-state index >= 15 is 0 Å². The number of hydrogen-bond donors (Lipinski definition) is 3. The first-order chi connectivity index (χ1) is 12.1. The summed E-state index contributed by atoms with van der Waals surface area (Å²) in [6.45, 7) is 3.43. The summed E-state index contributed by atoms with van der Waals surface area (Å²) in [5.74, 6) is 0.566. The van der Waals surface area contributed by atoms with Crippen LogP contribution in [0.15, 0.2) is 48.5 Å². The summed E-state index contributed by atoms with van der Waals surface area (Å²) in [6.07, 6.45) is 1.27. The first-order valence-electron chi connectivity index (χ1n) is 8.55. The molecular weight excluding hydrogens is 316 g/mol. The third-order valence-electron chi connectivity index (χ3n) is 3.99. The molecule has 2 aromatic carbocycles. The molecule has 1 unspecified atom stereocenters. The minimum atomic E-state index is -0.248. The first-order valence-corrected chi connectivity index (χ1v) is 8.55. The second-order valence-corrected chi connectivity index (χ2v) is 5.91. The van der Waals surface area contributed by atoms with Crippen LogP contribution < -0.4 is 15.4 Å². The third kappa shape index (κ3) is 6.21. The molecule has 0 bridgehead atoms. The van der Waals surface area contributed by atoms with Crippen LogP contribution in [-0.4, -0.2) is 30.8 Å². The van der Waals surface area contributed by atoms with Gasteiger partial charge in [0, 0.05) is 17.8 Å². The molecule has 134 valence electrons. The zero-order chi connectivity index (χ0) is 18.1. The van der Waals surface area contributed by atoms with E-state index in [1.165, 1.54) is 0 Å². The van der Waals surface area contributed by atoms with Gasteiger partial charge in [-0.25, -0.2) is 0 Å². The summed E-state index contributed by atoms with van der Waals surface area (Å²) < 4.78 is 5.10. The average Bonchev–Trinajstić information content (AvgIpc) is 2.65. The molecule has 2 rings (SSSR count). The van der Waals surface area contributed by atoms with E-state index in [0.717, 1.165) is 36.4 Å². The fraction of sp³-hybridized carbons (Fsp3) is 0.350. The number of hydrogen-bond acceptors (Lipinski definition) is 4. The molecular formula is C20H26N2O3. The molecule has 5 heteroatoms. The number of anilines is 1. The van der Waals surface area contributed by atoms with E-state index < -0.39 is 0 Å². The number of carbonyl (C=O) groups is 1. The summed E-state index contributed by atoms with van der Waals surface area (Å²) in [5.41, 5.74) is 2.42. The molecule has 0 aliphatic rings. The Morgan fingerprint density at radius 3 is 2.64 bits per heavy atom. The lowest BCUT2D eigenvalue weighted by Crippen LogP contribution is -2.20. The molecule has 0 spiro atoms. The van der Waals surface area contributed by atoms with E-state index in [1.54, 1.807) is 31.4 Å². The van der Waals surface area contributed by atoms with Gasteiger partial charge in [0.1, 0.15) is 5.75 Å². The Morgan fingerprint density at radius 1 is 1.20 bits per heavy atom. The average molecular weight is 342 g/mol. The maximum absolute atomic E-state index is 12.3. The topological polar surface area (TPSA) is 70.6 Å². The van der Waals surface area contributed by atoms with Crippen LogP contribution in [0.4, 0.5) is 5.69 Å². The first kappa shape index (κ1) is 19.0. The van der Waals surface area contributed by atoms with E-state index in [9.17, 15) is 9.90 Å². The Bertz CT molecular complexity index is 671. The van der Waals surface area contributed by atoms with Gasteiger partial charge in [-0.1, -0.05) is 19.1 Å². The predicted octanol–water partition coefficient (Wildman–Crippen LogP) is 3.20. The molecule has 5 nitrogen and oxygen atoms in total. The monoisotopic (exact) mass is 342 g/mol. The SMILES string of the molecule is CCC(O)CCNCc1cccc(NC(=O)c2ccc(OC)cc2)c1. The maximum Gasteiger partial charge on any atom is 0.255 e. The lowest BCUT2D eigenvalue weighted by atomic mass is 10.1.